The summed E-state index contributed by atoms with van der Waals surface area (Å²) in [6.07, 6.45) is 0.164. The zero-order chi connectivity index (χ0) is 19.1. The number of esters is 1. The topological polar surface area (TPSA) is 102 Å². The minimum Gasteiger partial charge on any atom is -0.483 e. The number of hydrogen-bond donors (Lipinski definition) is 2. The number of benzene rings is 2. The van der Waals surface area contributed by atoms with Crippen molar-refractivity contribution in [3.8, 4) is 11.5 Å². The van der Waals surface area contributed by atoms with Crippen LogP contribution in [0, 0.1) is 6.92 Å². The molecule has 0 bridgehead atoms. The highest BCUT2D eigenvalue weighted by atomic mass is 16.5. The molecule has 0 atom stereocenters. The number of amides is 1. The van der Waals surface area contributed by atoms with Crippen molar-refractivity contribution >= 4 is 23.5 Å². The van der Waals surface area contributed by atoms with Crippen LogP contribution in [0.4, 0.5) is 5.69 Å². The largest absolute Gasteiger partial charge is 0.483 e. The summed E-state index contributed by atoms with van der Waals surface area (Å²) in [5.41, 5.74) is 0.788. The molecule has 7 heteroatoms. The lowest BCUT2D eigenvalue weighted by atomic mass is 10.1. The van der Waals surface area contributed by atoms with E-state index in [0.717, 1.165) is 5.56 Å². The lowest BCUT2D eigenvalue weighted by Crippen LogP contribution is -2.22. The number of ether oxygens (including phenoxy) is 2. The van der Waals surface area contributed by atoms with Gasteiger partial charge in [-0.3, -0.25) is 9.59 Å². The molecule has 1 amide bonds. The van der Waals surface area contributed by atoms with Gasteiger partial charge in [0, 0.05) is 6.42 Å². The van der Waals surface area contributed by atoms with Crippen molar-refractivity contribution in [3.63, 3.8) is 0 Å². The van der Waals surface area contributed by atoms with Gasteiger partial charge in [0.1, 0.15) is 11.5 Å². The van der Waals surface area contributed by atoms with E-state index in [0.29, 0.717) is 5.75 Å². The molecule has 2 N–H and O–H groups in total. The second kappa shape index (κ2) is 8.66. The smallest absolute Gasteiger partial charge is 0.337 e. The minimum absolute atomic E-state index is 0.0900. The average Bonchev–Trinajstić information content (AvgIpc) is 2.62. The van der Waals surface area contributed by atoms with Gasteiger partial charge >= 0.3 is 11.9 Å². The number of carbonyl (C=O) groups excluding carboxylic acids is 2. The van der Waals surface area contributed by atoms with Crippen molar-refractivity contribution in [2.45, 2.75) is 20.3 Å². The number of carboxylic acid groups (broad SMARTS) is 1. The fourth-order valence-electron chi connectivity index (χ4n) is 2.12. The number of carboxylic acids is 1. The number of nitrogens with one attached hydrogen (secondary N) is 1. The third-order valence-corrected chi connectivity index (χ3v) is 3.47. The van der Waals surface area contributed by atoms with Gasteiger partial charge in [-0.15, -0.1) is 0 Å². The third kappa shape index (κ3) is 5.07. The van der Waals surface area contributed by atoms with Gasteiger partial charge in [-0.05, 0) is 36.8 Å². The van der Waals surface area contributed by atoms with E-state index in [4.69, 9.17) is 9.47 Å². The van der Waals surface area contributed by atoms with Crippen LogP contribution in [0.1, 0.15) is 29.3 Å². The van der Waals surface area contributed by atoms with Crippen molar-refractivity contribution in [2.75, 3.05) is 11.9 Å². The van der Waals surface area contributed by atoms with E-state index in [9.17, 15) is 19.5 Å². The summed E-state index contributed by atoms with van der Waals surface area (Å²) in [5, 5.41) is 11.8. The van der Waals surface area contributed by atoms with E-state index in [1.54, 1.807) is 19.1 Å². The maximum absolute atomic E-state index is 12.1. The van der Waals surface area contributed by atoms with Gasteiger partial charge in [0.2, 0.25) is 0 Å². The second-order valence-corrected chi connectivity index (χ2v) is 5.44. The summed E-state index contributed by atoms with van der Waals surface area (Å²) in [7, 11) is 0. The zero-order valence-electron chi connectivity index (χ0n) is 14.4. The molecule has 0 fully saturated rings. The molecule has 0 aliphatic carbocycles. The number of hydrogen-bond acceptors (Lipinski definition) is 5. The monoisotopic (exact) mass is 357 g/mol. The first kappa shape index (κ1) is 19.0. The zero-order valence-corrected chi connectivity index (χ0v) is 14.4. The van der Waals surface area contributed by atoms with E-state index >= 15 is 0 Å². The molecule has 26 heavy (non-hydrogen) atoms. The highest BCUT2D eigenvalue weighted by Gasteiger charge is 2.15. The van der Waals surface area contributed by atoms with Crippen LogP contribution in [0.25, 0.3) is 0 Å². The summed E-state index contributed by atoms with van der Waals surface area (Å²) in [5.74, 6) is -1.57. The third-order valence-electron chi connectivity index (χ3n) is 3.47. The second-order valence-electron chi connectivity index (χ2n) is 5.44. The quantitative estimate of drug-likeness (QED) is 0.583. The molecule has 0 aliphatic heterocycles. The fourth-order valence-corrected chi connectivity index (χ4v) is 2.12. The Balaban J connectivity index is 2.07. The molecule has 2 aromatic rings. The van der Waals surface area contributed by atoms with Gasteiger partial charge < -0.3 is 19.9 Å². The average molecular weight is 357 g/mol. The maximum atomic E-state index is 12.1. The van der Waals surface area contributed by atoms with Crippen molar-refractivity contribution in [3.05, 3.63) is 53.6 Å². The highest BCUT2D eigenvalue weighted by molar-refractivity contribution is 6.01. The molecule has 0 saturated heterocycles. The van der Waals surface area contributed by atoms with Gasteiger partial charge in [0.05, 0.1) is 11.3 Å². The Bertz CT molecular complexity index is 831. The molecular formula is C19H19NO6. The van der Waals surface area contributed by atoms with Crippen molar-refractivity contribution in [2.24, 2.45) is 0 Å². The van der Waals surface area contributed by atoms with Crippen LogP contribution < -0.4 is 14.8 Å². The molecule has 136 valence electrons. The van der Waals surface area contributed by atoms with E-state index in [1.807, 2.05) is 19.1 Å². The molecule has 0 saturated carbocycles. The summed E-state index contributed by atoms with van der Waals surface area (Å²) in [6, 6.07) is 11.2. The standard InChI is InChI=1S/C19H19NO6/c1-3-18(22)26-13-8-9-15(14(10-13)19(23)24)20-17(21)11-25-16-7-5-4-6-12(16)2/h4-10H,3,11H2,1-2H3,(H,20,21)(H,23,24). The first-order valence-corrected chi connectivity index (χ1v) is 7.97. The minimum atomic E-state index is -1.26. The van der Waals surface area contributed by atoms with Crippen LogP contribution in [-0.2, 0) is 9.59 Å². The number of aryl methyl sites for hydroxylation is 1. The van der Waals surface area contributed by atoms with E-state index in [2.05, 4.69) is 5.32 Å². The predicted octanol–water partition coefficient (Wildman–Crippen LogP) is 3.03. The highest BCUT2D eigenvalue weighted by Crippen LogP contribution is 2.23. The van der Waals surface area contributed by atoms with Gasteiger partial charge in [0.15, 0.2) is 6.61 Å². The molecular weight excluding hydrogens is 338 g/mol. The van der Waals surface area contributed by atoms with Crippen molar-refractivity contribution in [1.82, 2.24) is 0 Å². The molecule has 0 aromatic heterocycles. The molecule has 0 aliphatic rings. The number of carbonyl (C=O) groups is 3. The number of aromatic carboxylic acids is 1. The number of para-hydroxylation sites is 1. The molecule has 0 unspecified atom stereocenters. The fraction of sp³-hybridized carbons (Fsp3) is 0.211. The van der Waals surface area contributed by atoms with Crippen LogP contribution >= 0.6 is 0 Å². The van der Waals surface area contributed by atoms with Crippen molar-refractivity contribution < 1.29 is 29.0 Å². The van der Waals surface area contributed by atoms with Crippen LogP contribution in [0.5, 0.6) is 11.5 Å². The van der Waals surface area contributed by atoms with Crippen LogP contribution in [-0.4, -0.2) is 29.6 Å². The molecule has 7 nitrogen and oxygen atoms in total. The van der Waals surface area contributed by atoms with Crippen LogP contribution in [0.2, 0.25) is 0 Å². The predicted molar refractivity (Wildman–Crippen MR) is 94.6 cm³/mol. The van der Waals surface area contributed by atoms with E-state index < -0.39 is 17.8 Å². The molecule has 0 heterocycles. The Hall–Kier alpha value is -3.35. The number of anilines is 1. The van der Waals surface area contributed by atoms with Gasteiger partial charge in [-0.2, -0.15) is 0 Å². The number of rotatable bonds is 7. The Kier molecular flexibility index (Phi) is 6.32. The van der Waals surface area contributed by atoms with Gasteiger partial charge in [-0.25, -0.2) is 4.79 Å². The molecule has 0 spiro atoms. The molecule has 2 rings (SSSR count). The Morgan fingerprint density at radius 3 is 2.50 bits per heavy atom. The lowest BCUT2D eigenvalue weighted by Gasteiger charge is -2.12. The van der Waals surface area contributed by atoms with Gasteiger partial charge in [-0.1, -0.05) is 25.1 Å². The summed E-state index contributed by atoms with van der Waals surface area (Å²) in [4.78, 5) is 34.8. The lowest BCUT2D eigenvalue weighted by molar-refractivity contribution is -0.134. The van der Waals surface area contributed by atoms with Crippen LogP contribution in [0.15, 0.2) is 42.5 Å². The summed E-state index contributed by atoms with van der Waals surface area (Å²) in [6.45, 7) is 3.21. The Morgan fingerprint density at radius 2 is 1.85 bits per heavy atom. The maximum Gasteiger partial charge on any atom is 0.337 e. The Labute approximate surface area is 150 Å². The van der Waals surface area contributed by atoms with E-state index in [-0.39, 0.29) is 30.0 Å². The normalized spacial score (nSPS) is 10.1. The molecule has 0 radical (unpaired) electrons. The first-order valence-electron chi connectivity index (χ1n) is 7.97. The Morgan fingerprint density at radius 1 is 1.12 bits per heavy atom. The van der Waals surface area contributed by atoms with Gasteiger partial charge in [0.25, 0.3) is 5.91 Å². The van der Waals surface area contributed by atoms with Crippen LogP contribution in [0.3, 0.4) is 0 Å². The van der Waals surface area contributed by atoms with E-state index in [1.165, 1.54) is 18.2 Å². The summed E-state index contributed by atoms with van der Waals surface area (Å²) >= 11 is 0. The molecule has 2 aromatic carbocycles. The SMILES string of the molecule is CCC(=O)Oc1ccc(NC(=O)COc2ccccc2C)c(C(=O)O)c1. The van der Waals surface area contributed by atoms with Crippen molar-refractivity contribution in [1.29, 1.82) is 0 Å². The first-order chi connectivity index (χ1) is 12.4. The summed E-state index contributed by atoms with van der Waals surface area (Å²) < 4.78 is 10.4.